The largest absolute Gasteiger partial charge is 0.480 e. The van der Waals surface area contributed by atoms with Crippen LogP contribution in [-0.2, 0) is 23.9 Å². The Balaban J connectivity index is 0.000000219. The van der Waals surface area contributed by atoms with E-state index in [2.05, 4.69) is 22.8 Å². The molecular weight excluding hydrogens is 714 g/mol. The fraction of sp³-hybridized carbons (Fsp3) is 0.341. The summed E-state index contributed by atoms with van der Waals surface area (Å²) in [5, 5.41) is 23.3. The van der Waals surface area contributed by atoms with E-state index in [-0.39, 0.29) is 56.6 Å². The van der Waals surface area contributed by atoms with Crippen molar-refractivity contribution in [2.75, 3.05) is 19.8 Å². The minimum atomic E-state index is -1.14. The van der Waals surface area contributed by atoms with Crippen LogP contribution in [-0.4, -0.2) is 72.0 Å². The van der Waals surface area contributed by atoms with Crippen molar-refractivity contribution in [1.29, 1.82) is 0 Å². The second kappa shape index (κ2) is 18.5. The van der Waals surface area contributed by atoms with Gasteiger partial charge in [0.25, 0.3) is 0 Å². The van der Waals surface area contributed by atoms with Crippen LogP contribution >= 0.6 is 0 Å². The second-order valence-corrected chi connectivity index (χ2v) is 14.9. The van der Waals surface area contributed by atoms with Crippen LogP contribution in [0.2, 0.25) is 0 Å². The molecule has 0 saturated heterocycles. The zero-order chi connectivity index (χ0) is 40.4. The van der Waals surface area contributed by atoms with E-state index in [9.17, 15) is 29.1 Å². The van der Waals surface area contributed by atoms with Crippen molar-refractivity contribution >= 4 is 29.9 Å². The Labute approximate surface area is 326 Å². The molecule has 2 aliphatic carbocycles. The number of amides is 2. The normalized spacial score (nSPS) is 13.7. The summed E-state index contributed by atoms with van der Waals surface area (Å²) in [6.07, 6.45) is -0.531. The summed E-state index contributed by atoms with van der Waals surface area (Å²) in [5.41, 5.74) is 13.8. The molecule has 12 nitrogen and oxygen atoms in total. The Morgan fingerprint density at radius 2 is 0.946 bits per heavy atom. The van der Waals surface area contributed by atoms with E-state index in [1.807, 2.05) is 106 Å². The van der Waals surface area contributed by atoms with Gasteiger partial charge in [-0.3, -0.25) is 4.79 Å². The van der Waals surface area contributed by atoms with Crippen molar-refractivity contribution in [3.8, 4) is 22.3 Å². The van der Waals surface area contributed by atoms with Gasteiger partial charge >= 0.3 is 24.1 Å². The molecule has 0 radical (unpaired) electrons. The fourth-order valence-electron chi connectivity index (χ4n) is 7.09. The third kappa shape index (κ3) is 9.99. The van der Waals surface area contributed by atoms with Crippen LogP contribution in [0.3, 0.4) is 0 Å². The third-order valence-corrected chi connectivity index (χ3v) is 10.1. The molecule has 4 aromatic rings. The highest BCUT2D eigenvalue weighted by Crippen LogP contribution is 2.45. The SMILES string of the molecule is CC(C)(C)C(=O)CCC[C@H](NC(=O)OCC1c2ccccc2-c2ccccc21)C(=O)O.NCC[C@H](NC(=O)OCC1c2ccccc2-c2ccccc21)C(=O)O. The van der Waals surface area contributed by atoms with E-state index >= 15 is 0 Å². The van der Waals surface area contributed by atoms with E-state index < -0.39 is 41.6 Å². The van der Waals surface area contributed by atoms with Crippen LogP contribution in [0.15, 0.2) is 97.1 Å². The van der Waals surface area contributed by atoms with E-state index in [4.69, 9.17) is 20.3 Å². The maximum Gasteiger partial charge on any atom is 0.407 e. The highest BCUT2D eigenvalue weighted by Gasteiger charge is 2.31. The van der Waals surface area contributed by atoms with E-state index in [0.29, 0.717) is 6.42 Å². The smallest absolute Gasteiger partial charge is 0.407 e. The Hall–Kier alpha value is -6.01. The standard InChI is InChI=1S/C25H29NO5.C19H20N2O4/c1-25(2,3)22(27)14-8-13-21(23(28)29)26-24(30)31-15-20-18-11-6-4-9-16(18)17-10-5-7-12-19(17)20;20-10-9-17(18(22)23)21-19(24)25-11-16-14-7-3-1-5-12(14)13-6-2-4-8-15(13)16/h4-7,9-12,20-21H,8,13-15H2,1-3H3,(H,26,30)(H,28,29);1-8,16-17H,9-11,20H2,(H,21,24)(H,22,23)/t21-;17-/m00/s1. The summed E-state index contributed by atoms with van der Waals surface area (Å²) >= 11 is 0. The molecule has 0 spiro atoms. The lowest BCUT2D eigenvalue weighted by molar-refractivity contribution is -0.140. The highest BCUT2D eigenvalue weighted by molar-refractivity contribution is 5.84. The Morgan fingerprint density at radius 1 is 0.607 bits per heavy atom. The molecule has 0 saturated carbocycles. The minimum absolute atomic E-state index is 0.0593. The number of ketones is 1. The van der Waals surface area contributed by atoms with Crippen molar-refractivity contribution in [1.82, 2.24) is 10.6 Å². The van der Waals surface area contributed by atoms with E-state index in [1.165, 1.54) is 0 Å². The molecule has 0 fully saturated rings. The number of hydrogen-bond donors (Lipinski definition) is 5. The fourth-order valence-corrected chi connectivity index (χ4v) is 7.09. The number of aliphatic carboxylic acids is 2. The number of carboxylic acid groups (broad SMARTS) is 2. The van der Waals surface area contributed by atoms with Gasteiger partial charge in [-0.2, -0.15) is 0 Å². The van der Waals surface area contributed by atoms with Crippen molar-refractivity contribution in [2.24, 2.45) is 11.1 Å². The summed E-state index contributed by atoms with van der Waals surface area (Å²) in [6.45, 7) is 5.93. The molecule has 0 aromatic heterocycles. The molecule has 6 rings (SSSR count). The number of nitrogens with one attached hydrogen (secondary N) is 2. The van der Waals surface area contributed by atoms with Gasteiger partial charge < -0.3 is 36.1 Å². The molecule has 56 heavy (non-hydrogen) atoms. The van der Waals surface area contributed by atoms with Crippen molar-refractivity contribution in [2.45, 2.75) is 70.4 Å². The van der Waals surface area contributed by atoms with Gasteiger partial charge in [0.05, 0.1) is 0 Å². The maximum absolute atomic E-state index is 12.3. The lowest BCUT2D eigenvalue weighted by Gasteiger charge is -2.19. The summed E-state index contributed by atoms with van der Waals surface area (Å²) in [6, 6.07) is 29.9. The van der Waals surface area contributed by atoms with Gasteiger partial charge in [0.15, 0.2) is 0 Å². The molecule has 0 bridgehead atoms. The first-order chi connectivity index (χ1) is 26.8. The van der Waals surface area contributed by atoms with Crippen LogP contribution < -0.4 is 16.4 Å². The van der Waals surface area contributed by atoms with Gasteiger partial charge in [-0.15, -0.1) is 0 Å². The third-order valence-electron chi connectivity index (χ3n) is 10.1. The summed E-state index contributed by atoms with van der Waals surface area (Å²) < 4.78 is 10.7. The first-order valence-electron chi connectivity index (χ1n) is 18.7. The number of fused-ring (bicyclic) bond motifs is 6. The van der Waals surface area contributed by atoms with Gasteiger partial charge in [0.2, 0.25) is 0 Å². The second-order valence-electron chi connectivity index (χ2n) is 14.9. The topological polar surface area (TPSA) is 194 Å². The number of ether oxygens (including phenoxy) is 2. The quantitative estimate of drug-likeness (QED) is 0.0885. The number of nitrogens with two attached hydrogens (primary N) is 1. The van der Waals surface area contributed by atoms with Crippen molar-refractivity contribution in [3.05, 3.63) is 119 Å². The van der Waals surface area contributed by atoms with Crippen molar-refractivity contribution in [3.63, 3.8) is 0 Å². The number of carboxylic acids is 2. The number of carbonyl (C=O) groups is 5. The number of rotatable bonds is 14. The molecule has 2 aliphatic rings. The average Bonchev–Trinajstić information content (AvgIpc) is 3.67. The van der Waals surface area contributed by atoms with E-state index in [1.54, 1.807) is 0 Å². The van der Waals surface area contributed by atoms with Crippen LogP contribution in [0.5, 0.6) is 0 Å². The first-order valence-corrected chi connectivity index (χ1v) is 18.7. The van der Waals surface area contributed by atoms with Gasteiger partial charge in [-0.05, 0) is 70.3 Å². The molecule has 2 atom stereocenters. The van der Waals surface area contributed by atoms with Gasteiger partial charge in [-0.1, -0.05) is 118 Å². The lowest BCUT2D eigenvalue weighted by atomic mass is 9.87. The molecule has 294 valence electrons. The monoisotopic (exact) mass is 763 g/mol. The molecular formula is C44H49N3O9. The minimum Gasteiger partial charge on any atom is -0.480 e. The van der Waals surface area contributed by atoms with Crippen LogP contribution in [0.1, 0.15) is 80.5 Å². The summed E-state index contributed by atoms with van der Waals surface area (Å²) in [7, 11) is 0. The van der Waals surface area contributed by atoms with Gasteiger partial charge in [0.1, 0.15) is 31.1 Å². The highest BCUT2D eigenvalue weighted by atomic mass is 16.6. The number of benzene rings is 4. The summed E-state index contributed by atoms with van der Waals surface area (Å²) in [4.78, 5) is 59.0. The van der Waals surface area contributed by atoms with Gasteiger partial charge in [0, 0.05) is 23.7 Å². The zero-order valence-electron chi connectivity index (χ0n) is 31.8. The molecule has 2 amide bonds. The number of alkyl carbamates (subject to hydrolysis) is 2. The Kier molecular flexibility index (Phi) is 13.6. The lowest BCUT2D eigenvalue weighted by Crippen LogP contribution is -2.42. The molecule has 4 aromatic carbocycles. The Bertz CT molecular complexity index is 1970. The molecule has 6 N–H and O–H groups in total. The zero-order valence-corrected chi connectivity index (χ0v) is 31.8. The molecule has 0 heterocycles. The Morgan fingerprint density at radius 3 is 1.27 bits per heavy atom. The molecule has 0 unspecified atom stereocenters. The maximum atomic E-state index is 12.3. The summed E-state index contributed by atoms with van der Waals surface area (Å²) in [5.74, 6) is -2.35. The van der Waals surface area contributed by atoms with Crippen molar-refractivity contribution < 1.29 is 43.7 Å². The number of carbonyl (C=O) groups excluding carboxylic acids is 3. The van der Waals surface area contributed by atoms with Gasteiger partial charge in [-0.25, -0.2) is 19.2 Å². The first kappa shape index (κ1) is 41.2. The van der Waals surface area contributed by atoms with Crippen LogP contribution in [0.4, 0.5) is 9.59 Å². The number of Topliss-reactive ketones (excluding diaryl/α,β-unsaturated/α-hetero) is 1. The molecule has 12 heteroatoms. The average molecular weight is 764 g/mol. The van der Waals surface area contributed by atoms with E-state index in [0.717, 1.165) is 44.5 Å². The van der Waals surface area contributed by atoms with Crippen LogP contribution in [0.25, 0.3) is 22.3 Å². The number of hydrogen-bond acceptors (Lipinski definition) is 8. The predicted molar refractivity (Wildman–Crippen MR) is 211 cm³/mol. The van der Waals surface area contributed by atoms with Crippen LogP contribution in [0, 0.1) is 5.41 Å². The predicted octanol–water partition coefficient (Wildman–Crippen LogP) is 7.09. The molecule has 0 aliphatic heterocycles.